The second-order valence-electron chi connectivity index (χ2n) is 3.22. The van der Waals surface area contributed by atoms with Crippen LogP contribution in [0.3, 0.4) is 0 Å². The molecule has 1 aromatic heterocycles. The van der Waals surface area contributed by atoms with Crippen LogP contribution in [-0.4, -0.2) is 20.1 Å². The number of aromatic nitrogens is 3. The molecule has 1 saturated carbocycles. The van der Waals surface area contributed by atoms with Crippen LogP contribution in [0.2, 0.25) is 0 Å². The molecule has 1 aliphatic carbocycles. The van der Waals surface area contributed by atoms with E-state index in [0.29, 0.717) is 6.04 Å². The SMILES string of the molecule is CCSc1nn(C)c(=O)n1C1CC1. The Bertz CT molecular complexity index is 364. The Morgan fingerprint density at radius 3 is 2.85 bits per heavy atom. The van der Waals surface area contributed by atoms with Crippen LogP contribution in [0.1, 0.15) is 25.8 Å². The number of thioether (sulfide) groups is 1. The van der Waals surface area contributed by atoms with E-state index in [1.807, 2.05) is 4.57 Å². The fourth-order valence-electron chi connectivity index (χ4n) is 1.33. The summed E-state index contributed by atoms with van der Waals surface area (Å²) in [5.74, 6) is 0.961. The minimum atomic E-state index is 0.0263. The van der Waals surface area contributed by atoms with Crippen LogP contribution in [0.15, 0.2) is 9.95 Å². The fraction of sp³-hybridized carbons (Fsp3) is 0.750. The lowest BCUT2D eigenvalue weighted by molar-refractivity contribution is 0.637. The van der Waals surface area contributed by atoms with E-state index in [2.05, 4.69) is 12.0 Å². The third-order valence-corrected chi connectivity index (χ3v) is 2.94. The first-order chi connectivity index (χ1) is 6.24. The van der Waals surface area contributed by atoms with Crippen molar-refractivity contribution in [2.75, 3.05) is 5.75 Å². The summed E-state index contributed by atoms with van der Waals surface area (Å²) < 4.78 is 3.25. The average Bonchev–Trinajstić information content (AvgIpc) is 2.85. The molecule has 1 aromatic rings. The number of rotatable bonds is 3. The standard InChI is InChI=1S/C8H13N3OS/c1-3-13-7-9-10(2)8(12)11(7)6-4-5-6/h6H,3-5H2,1-2H3. The lowest BCUT2D eigenvalue weighted by atomic mass is 10.7. The van der Waals surface area contributed by atoms with E-state index in [-0.39, 0.29) is 5.69 Å². The number of nitrogens with zero attached hydrogens (tertiary/aromatic N) is 3. The molecule has 0 saturated heterocycles. The second kappa shape index (κ2) is 3.21. The molecule has 0 atom stereocenters. The van der Waals surface area contributed by atoms with Gasteiger partial charge in [-0.1, -0.05) is 18.7 Å². The molecular weight excluding hydrogens is 186 g/mol. The monoisotopic (exact) mass is 199 g/mol. The first kappa shape index (κ1) is 8.87. The predicted molar refractivity (Wildman–Crippen MR) is 52.1 cm³/mol. The minimum Gasteiger partial charge on any atom is -0.267 e. The highest BCUT2D eigenvalue weighted by molar-refractivity contribution is 7.99. The first-order valence-corrected chi connectivity index (χ1v) is 5.51. The van der Waals surface area contributed by atoms with Gasteiger partial charge in [0.2, 0.25) is 0 Å². The molecule has 0 amide bonds. The molecule has 0 aromatic carbocycles. The zero-order chi connectivity index (χ0) is 9.42. The van der Waals surface area contributed by atoms with Crippen molar-refractivity contribution in [3.8, 4) is 0 Å². The molecular formula is C8H13N3OS. The van der Waals surface area contributed by atoms with Crippen molar-refractivity contribution in [2.24, 2.45) is 7.05 Å². The Morgan fingerprint density at radius 1 is 1.62 bits per heavy atom. The van der Waals surface area contributed by atoms with Gasteiger partial charge < -0.3 is 0 Å². The highest BCUT2D eigenvalue weighted by atomic mass is 32.2. The van der Waals surface area contributed by atoms with Gasteiger partial charge in [0, 0.05) is 13.1 Å². The normalized spacial score (nSPS) is 16.5. The van der Waals surface area contributed by atoms with Crippen molar-refractivity contribution in [2.45, 2.75) is 31.0 Å². The van der Waals surface area contributed by atoms with Gasteiger partial charge in [-0.25, -0.2) is 9.48 Å². The third-order valence-electron chi connectivity index (χ3n) is 2.11. The van der Waals surface area contributed by atoms with E-state index < -0.39 is 0 Å². The minimum absolute atomic E-state index is 0.0263. The summed E-state index contributed by atoms with van der Waals surface area (Å²) in [6.45, 7) is 2.07. The largest absolute Gasteiger partial charge is 0.346 e. The molecule has 1 aliphatic rings. The van der Waals surface area contributed by atoms with Crippen molar-refractivity contribution in [1.29, 1.82) is 0 Å². The number of hydrogen-bond donors (Lipinski definition) is 0. The lowest BCUT2D eigenvalue weighted by Crippen LogP contribution is -2.22. The van der Waals surface area contributed by atoms with Gasteiger partial charge in [0.25, 0.3) is 0 Å². The smallest absolute Gasteiger partial charge is 0.267 e. The molecule has 13 heavy (non-hydrogen) atoms. The van der Waals surface area contributed by atoms with Crippen molar-refractivity contribution < 1.29 is 0 Å². The quantitative estimate of drug-likeness (QED) is 0.683. The summed E-state index contributed by atoms with van der Waals surface area (Å²) in [4.78, 5) is 11.6. The van der Waals surface area contributed by atoms with Gasteiger partial charge in [-0.05, 0) is 18.6 Å². The zero-order valence-electron chi connectivity index (χ0n) is 7.86. The van der Waals surface area contributed by atoms with Crippen molar-refractivity contribution in [3.05, 3.63) is 10.5 Å². The Hall–Kier alpha value is -0.710. The van der Waals surface area contributed by atoms with Crippen LogP contribution < -0.4 is 5.69 Å². The summed E-state index contributed by atoms with van der Waals surface area (Å²) in [6.07, 6.45) is 2.26. The van der Waals surface area contributed by atoms with Gasteiger partial charge in [0.05, 0.1) is 0 Å². The van der Waals surface area contributed by atoms with Gasteiger partial charge in [0.15, 0.2) is 5.16 Å². The maximum atomic E-state index is 11.6. The van der Waals surface area contributed by atoms with Crippen LogP contribution in [0.5, 0.6) is 0 Å². The van der Waals surface area contributed by atoms with Gasteiger partial charge in [0.1, 0.15) is 0 Å². The Kier molecular flexibility index (Phi) is 2.19. The summed E-state index contributed by atoms with van der Waals surface area (Å²) >= 11 is 1.64. The molecule has 0 bridgehead atoms. The molecule has 0 unspecified atom stereocenters. The average molecular weight is 199 g/mol. The number of hydrogen-bond acceptors (Lipinski definition) is 3. The zero-order valence-corrected chi connectivity index (χ0v) is 8.67. The van der Waals surface area contributed by atoms with E-state index >= 15 is 0 Å². The highest BCUT2D eigenvalue weighted by Crippen LogP contribution is 2.36. The Balaban J connectivity index is 2.42. The Morgan fingerprint density at radius 2 is 2.31 bits per heavy atom. The third kappa shape index (κ3) is 1.52. The predicted octanol–water partition coefficient (Wildman–Crippen LogP) is 1.03. The second-order valence-corrected chi connectivity index (χ2v) is 4.45. The van der Waals surface area contributed by atoms with Crippen LogP contribution in [0.4, 0.5) is 0 Å². The summed E-state index contributed by atoms with van der Waals surface area (Å²) in [7, 11) is 1.71. The molecule has 1 heterocycles. The van der Waals surface area contributed by atoms with Crippen LogP contribution in [0.25, 0.3) is 0 Å². The molecule has 0 radical (unpaired) electrons. The molecule has 2 rings (SSSR count). The summed E-state index contributed by atoms with van der Waals surface area (Å²) in [5, 5.41) is 5.06. The maximum Gasteiger partial charge on any atom is 0.346 e. The summed E-state index contributed by atoms with van der Waals surface area (Å²) in [5.41, 5.74) is 0.0263. The molecule has 0 aliphatic heterocycles. The molecule has 0 spiro atoms. The molecule has 72 valence electrons. The lowest BCUT2D eigenvalue weighted by Gasteiger charge is -1.99. The van der Waals surface area contributed by atoms with Crippen molar-refractivity contribution >= 4 is 11.8 Å². The van der Waals surface area contributed by atoms with Gasteiger partial charge >= 0.3 is 5.69 Å². The highest BCUT2D eigenvalue weighted by Gasteiger charge is 2.29. The maximum absolute atomic E-state index is 11.6. The van der Waals surface area contributed by atoms with Crippen molar-refractivity contribution in [3.63, 3.8) is 0 Å². The van der Waals surface area contributed by atoms with E-state index in [0.717, 1.165) is 23.8 Å². The topological polar surface area (TPSA) is 39.8 Å². The van der Waals surface area contributed by atoms with Gasteiger partial charge in [-0.3, -0.25) is 4.57 Å². The van der Waals surface area contributed by atoms with E-state index in [9.17, 15) is 4.79 Å². The molecule has 0 N–H and O–H groups in total. The van der Waals surface area contributed by atoms with Crippen LogP contribution in [-0.2, 0) is 7.05 Å². The van der Waals surface area contributed by atoms with Crippen molar-refractivity contribution in [1.82, 2.24) is 14.3 Å². The van der Waals surface area contributed by atoms with E-state index in [1.54, 1.807) is 18.8 Å². The van der Waals surface area contributed by atoms with Gasteiger partial charge in [-0.2, -0.15) is 0 Å². The molecule has 1 fully saturated rings. The number of aryl methyl sites for hydroxylation is 1. The van der Waals surface area contributed by atoms with Crippen LogP contribution in [0, 0.1) is 0 Å². The molecule has 4 nitrogen and oxygen atoms in total. The first-order valence-electron chi connectivity index (χ1n) is 4.52. The van der Waals surface area contributed by atoms with Crippen LogP contribution >= 0.6 is 11.8 Å². The molecule has 5 heteroatoms. The van der Waals surface area contributed by atoms with E-state index in [1.165, 1.54) is 4.68 Å². The summed E-state index contributed by atoms with van der Waals surface area (Å²) in [6, 6.07) is 0.426. The Labute approximate surface area is 80.9 Å². The van der Waals surface area contributed by atoms with E-state index in [4.69, 9.17) is 0 Å². The van der Waals surface area contributed by atoms with Gasteiger partial charge in [-0.15, -0.1) is 5.10 Å². The fourth-order valence-corrected chi connectivity index (χ4v) is 2.13.